The summed E-state index contributed by atoms with van der Waals surface area (Å²) in [5.74, 6) is -0.415. The van der Waals surface area contributed by atoms with E-state index in [1.54, 1.807) is 0 Å². The van der Waals surface area contributed by atoms with Gasteiger partial charge in [0.1, 0.15) is 0 Å². The second-order valence-electron chi connectivity index (χ2n) is 6.07. The van der Waals surface area contributed by atoms with Crippen molar-refractivity contribution in [3.8, 4) is 0 Å². The van der Waals surface area contributed by atoms with Gasteiger partial charge in [0, 0.05) is 11.8 Å². The first kappa shape index (κ1) is 14.0. The third kappa shape index (κ3) is 2.60. The molecule has 0 aromatic heterocycles. The third-order valence-corrected chi connectivity index (χ3v) is 6.22. The largest absolute Gasteiger partial charge is 0.481 e. The molecule has 2 aliphatic carbocycles. The van der Waals surface area contributed by atoms with Gasteiger partial charge >= 0.3 is 5.97 Å². The van der Waals surface area contributed by atoms with E-state index in [4.69, 9.17) is 0 Å². The van der Waals surface area contributed by atoms with Crippen LogP contribution in [0.5, 0.6) is 0 Å². The van der Waals surface area contributed by atoms with Crippen molar-refractivity contribution in [1.82, 2.24) is 5.32 Å². The predicted molar refractivity (Wildman–Crippen MR) is 78.5 cm³/mol. The molecule has 1 saturated carbocycles. The van der Waals surface area contributed by atoms with Crippen molar-refractivity contribution in [3.05, 3.63) is 12.2 Å². The van der Waals surface area contributed by atoms with E-state index in [0.717, 1.165) is 12.8 Å². The molecule has 0 aromatic carbocycles. The van der Waals surface area contributed by atoms with Crippen LogP contribution in [0.4, 0.5) is 0 Å². The first-order valence-electron chi connectivity index (χ1n) is 7.47. The van der Waals surface area contributed by atoms with Crippen molar-refractivity contribution in [2.75, 3.05) is 12.3 Å². The third-order valence-electron chi connectivity index (χ3n) is 4.83. The minimum absolute atomic E-state index is 0.0531. The number of carboxylic acids is 1. The Labute approximate surface area is 123 Å². The summed E-state index contributed by atoms with van der Waals surface area (Å²) in [6.07, 6.45) is 8.50. The molecule has 2 fully saturated rings. The lowest BCUT2D eigenvalue weighted by Crippen LogP contribution is -2.42. The molecule has 3 aliphatic rings. The molecule has 1 aliphatic heterocycles. The number of thioether (sulfide) groups is 1. The van der Waals surface area contributed by atoms with Gasteiger partial charge in [0.15, 0.2) is 0 Å². The lowest BCUT2D eigenvalue weighted by Gasteiger charge is -2.26. The molecule has 0 spiro atoms. The zero-order chi connectivity index (χ0) is 14.1. The predicted octanol–water partition coefficient (Wildman–Crippen LogP) is 1.91. The number of aliphatic carboxylic acids is 1. The van der Waals surface area contributed by atoms with Crippen LogP contribution in [-0.4, -0.2) is 34.5 Å². The maximum atomic E-state index is 12.4. The van der Waals surface area contributed by atoms with Crippen LogP contribution in [0.2, 0.25) is 0 Å². The van der Waals surface area contributed by atoms with Crippen molar-refractivity contribution in [1.29, 1.82) is 0 Å². The number of amides is 1. The van der Waals surface area contributed by atoms with E-state index in [-0.39, 0.29) is 23.7 Å². The Bertz CT molecular complexity index is 431. The molecule has 20 heavy (non-hydrogen) atoms. The molecule has 1 amide bonds. The molecule has 2 bridgehead atoms. The molecule has 4 nitrogen and oxygen atoms in total. The Hall–Kier alpha value is -0.970. The molecule has 5 heteroatoms. The van der Waals surface area contributed by atoms with E-state index in [2.05, 4.69) is 5.32 Å². The fourth-order valence-corrected chi connectivity index (χ4v) is 5.06. The van der Waals surface area contributed by atoms with Gasteiger partial charge in [0.05, 0.1) is 11.8 Å². The molecular weight excluding hydrogens is 274 g/mol. The number of carboxylic acid groups (broad SMARTS) is 1. The summed E-state index contributed by atoms with van der Waals surface area (Å²) in [7, 11) is 0. The van der Waals surface area contributed by atoms with Crippen LogP contribution < -0.4 is 5.32 Å². The SMILES string of the molecule is O=C(O)C1C2C=CC(C2)C1C(=O)NCC1CCCCS1. The number of nitrogens with one attached hydrogen (secondary N) is 1. The van der Waals surface area contributed by atoms with Crippen LogP contribution in [0.15, 0.2) is 12.2 Å². The number of allylic oxidation sites excluding steroid dienone is 2. The van der Waals surface area contributed by atoms with Crippen LogP contribution >= 0.6 is 11.8 Å². The summed E-state index contributed by atoms with van der Waals surface area (Å²) in [5, 5.41) is 12.9. The van der Waals surface area contributed by atoms with Gasteiger partial charge < -0.3 is 10.4 Å². The topological polar surface area (TPSA) is 66.4 Å². The fraction of sp³-hybridized carbons (Fsp3) is 0.733. The van der Waals surface area contributed by atoms with Gasteiger partial charge in [0.25, 0.3) is 0 Å². The second kappa shape index (κ2) is 5.80. The monoisotopic (exact) mass is 295 g/mol. The van der Waals surface area contributed by atoms with Crippen molar-refractivity contribution in [3.63, 3.8) is 0 Å². The van der Waals surface area contributed by atoms with Gasteiger partial charge in [-0.2, -0.15) is 11.8 Å². The highest BCUT2D eigenvalue weighted by Crippen LogP contribution is 2.48. The summed E-state index contributed by atoms with van der Waals surface area (Å²) in [5.41, 5.74) is 0. The smallest absolute Gasteiger partial charge is 0.307 e. The van der Waals surface area contributed by atoms with E-state index in [9.17, 15) is 14.7 Å². The fourth-order valence-electron chi connectivity index (χ4n) is 3.82. The Morgan fingerprint density at radius 1 is 1.20 bits per heavy atom. The zero-order valence-corrected chi connectivity index (χ0v) is 12.3. The summed E-state index contributed by atoms with van der Waals surface area (Å²) in [6, 6.07) is 0. The summed E-state index contributed by atoms with van der Waals surface area (Å²) < 4.78 is 0. The van der Waals surface area contributed by atoms with Crippen LogP contribution in [0.25, 0.3) is 0 Å². The Balaban J connectivity index is 1.58. The summed E-state index contributed by atoms with van der Waals surface area (Å²) in [6.45, 7) is 0.688. The quantitative estimate of drug-likeness (QED) is 0.778. The summed E-state index contributed by atoms with van der Waals surface area (Å²) in [4.78, 5) is 23.8. The second-order valence-corrected chi connectivity index (χ2v) is 7.48. The standard InChI is InChI=1S/C15H21NO3S/c17-14(16-8-11-3-1-2-6-20-11)12-9-4-5-10(7-9)13(12)15(18)19/h4-5,9-13H,1-3,6-8H2,(H,16,17)(H,18,19). The molecule has 110 valence electrons. The molecule has 1 saturated heterocycles. The van der Waals surface area contributed by atoms with E-state index in [1.807, 2.05) is 23.9 Å². The molecule has 3 rings (SSSR count). The first-order chi connectivity index (χ1) is 9.66. The number of hydrogen-bond donors (Lipinski definition) is 2. The van der Waals surface area contributed by atoms with Gasteiger partial charge in [-0.1, -0.05) is 18.6 Å². The maximum absolute atomic E-state index is 12.4. The lowest BCUT2D eigenvalue weighted by molar-refractivity contribution is -0.147. The van der Waals surface area contributed by atoms with Gasteiger partial charge in [0.2, 0.25) is 5.91 Å². The molecule has 5 atom stereocenters. The highest BCUT2D eigenvalue weighted by molar-refractivity contribution is 7.99. The first-order valence-corrected chi connectivity index (χ1v) is 8.52. The number of rotatable bonds is 4. The van der Waals surface area contributed by atoms with E-state index in [0.29, 0.717) is 11.8 Å². The van der Waals surface area contributed by atoms with Gasteiger partial charge in [-0.15, -0.1) is 0 Å². The minimum atomic E-state index is -0.825. The van der Waals surface area contributed by atoms with E-state index in [1.165, 1.54) is 18.6 Å². The molecular formula is C15H21NO3S. The zero-order valence-electron chi connectivity index (χ0n) is 11.5. The molecule has 0 radical (unpaired) electrons. The van der Waals surface area contributed by atoms with Crippen molar-refractivity contribution >= 4 is 23.6 Å². The van der Waals surface area contributed by atoms with Crippen molar-refractivity contribution in [2.45, 2.75) is 30.9 Å². The van der Waals surface area contributed by atoms with Crippen LogP contribution in [-0.2, 0) is 9.59 Å². The Morgan fingerprint density at radius 2 is 1.95 bits per heavy atom. The number of fused-ring (bicyclic) bond motifs is 2. The highest BCUT2D eigenvalue weighted by atomic mass is 32.2. The molecule has 2 N–H and O–H groups in total. The highest BCUT2D eigenvalue weighted by Gasteiger charge is 2.51. The Morgan fingerprint density at radius 3 is 2.60 bits per heavy atom. The van der Waals surface area contributed by atoms with Crippen molar-refractivity contribution < 1.29 is 14.7 Å². The van der Waals surface area contributed by atoms with Crippen LogP contribution in [0, 0.1) is 23.7 Å². The van der Waals surface area contributed by atoms with Crippen LogP contribution in [0.1, 0.15) is 25.7 Å². The maximum Gasteiger partial charge on any atom is 0.307 e. The number of carbonyl (C=O) groups is 2. The van der Waals surface area contributed by atoms with Crippen LogP contribution in [0.3, 0.4) is 0 Å². The molecule has 0 aromatic rings. The lowest BCUT2D eigenvalue weighted by atomic mass is 9.82. The number of carbonyl (C=O) groups excluding carboxylic acids is 1. The van der Waals surface area contributed by atoms with Gasteiger partial charge in [-0.05, 0) is 36.9 Å². The minimum Gasteiger partial charge on any atom is -0.481 e. The average Bonchev–Trinajstić information content (AvgIpc) is 3.06. The average molecular weight is 295 g/mol. The van der Waals surface area contributed by atoms with E-state index >= 15 is 0 Å². The number of hydrogen-bond acceptors (Lipinski definition) is 3. The van der Waals surface area contributed by atoms with E-state index < -0.39 is 11.9 Å². The van der Waals surface area contributed by atoms with Gasteiger partial charge in [-0.25, -0.2) is 0 Å². The van der Waals surface area contributed by atoms with Crippen molar-refractivity contribution in [2.24, 2.45) is 23.7 Å². The van der Waals surface area contributed by atoms with Gasteiger partial charge in [-0.3, -0.25) is 9.59 Å². The molecule has 5 unspecified atom stereocenters. The normalized spacial score (nSPS) is 38.9. The summed E-state index contributed by atoms with van der Waals surface area (Å²) >= 11 is 1.93. The Kier molecular flexibility index (Phi) is 4.06. The molecule has 1 heterocycles.